The highest BCUT2D eigenvalue weighted by Crippen LogP contribution is 2.24. The second-order valence-electron chi connectivity index (χ2n) is 6.16. The number of hydrogen-bond acceptors (Lipinski definition) is 4. The molecule has 1 aromatic heterocycles. The van der Waals surface area contributed by atoms with Crippen molar-refractivity contribution in [1.82, 2.24) is 10.2 Å². The van der Waals surface area contributed by atoms with E-state index in [1.807, 2.05) is 30.3 Å². The Kier molecular flexibility index (Phi) is 5.30. The number of fused-ring (bicyclic) bond motifs is 1. The third-order valence-corrected chi connectivity index (χ3v) is 5.08. The lowest BCUT2D eigenvalue weighted by Crippen LogP contribution is -2.14. The lowest BCUT2D eigenvalue weighted by molar-refractivity contribution is -0.113. The summed E-state index contributed by atoms with van der Waals surface area (Å²) in [6, 6.07) is 23.7. The Morgan fingerprint density at radius 1 is 0.893 bits per heavy atom. The van der Waals surface area contributed by atoms with Crippen LogP contribution in [0.25, 0.3) is 22.0 Å². The summed E-state index contributed by atoms with van der Waals surface area (Å²) < 4.78 is 12.9. The minimum atomic E-state index is -0.339. The Bertz CT molecular complexity index is 1110. The van der Waals surface area contributed by atoms with Gasteiger partial charge in [-0.25, -0.2) is 4.39 Å². The first-order valence-electron chi connectivity index (χ1n) is 8.68. The minimum absolute atomic E-state index is 0.183. The van der Waals surface area contributed by atoms with Gasteiger partial charge in [0.25, 0.3) is 0 Å². The summed E-state index contributed by atoms with van der Waals surface area (Å²) in [4.78, 5) is 12.0. The molecule has 4 aromatic rings. The van der Waals surface area contributed by atoms with E-state index in [1.54, 1.807) is 0 Å². The number of hydrogen-bond donors (Lipinski definition) is 1. The van der Waals surface area contributed by atoms with Crippen LogP contribution in [0.5, 0.6) is 0 Å². The number of nitrogens with one attached hydrogen (secondary N) is 1. The maximum atomic E-state index is 12.9. The molecule has 0 spiro atoms. The van der Waals surface area contributed by atoms with E-state index < -0.39 is 0 Å². The Morgan fingerprint density at radius 2 is 1.68 bits per heavy atom. The number of anilines is 1. The van der Waals surface area contributed by atoms with Crippen molar-refractivity contribution >= 4 is 34.1 Å². The Morgan fingerprint density at radius 3 is 2.43 bits per heavy atom. The van der Waals surface area contributed by atoms with Crippen molar-refractivity contribution in [1.29, 1.82) is 0 Å². The fraction of sp³-hybridized carbons (Fsp3) is 0.0455. The summed E-state index contributed by atoms with van der Waals surface area (Å²) in [5.41, 5.74) is 2.34. The molecule has 28 heavy (non-hydrogen) atoms. The highest BCUT2D eigenvalue weighted by Gasteiger charge is 2.07. The first kappa shape index (κ1) is 18.1. The molecule has 4 rings (SSSR count). The number of nitrogens with zero attached hydrogens (tertiary/aromatic N) is 2. The van der Waals surface area contributed by atoms with E-state index in [4.69, 9.17) is 0 Å². The fourth-order valence-corrected chi connectivity index (χ4v) is 3.38. The molecule has 0 fully saturated rings. The standard InChI is InChI=1S/C22H16FN3OS/c23-18-7-9-19(10-8-18)24-21(27)14-28-22-12-11-20(25-26-22)17-6-5-15-3-1-2-4-16(15)13-17/h1-13H,14H2,(H,24,27). The summed E-state index contributed by atoms with van der Waals surface area (Å²) in [7, 11) is 0. The second-order valence-corrected chi connectivity index (χ2v) is 7.16. The van der Waals surface area contributed by atoms with Gasteiger partial charge in [0, 0.05) is 11.3 Å². The zero-order valence-electron chi connectivity index (χ0n) is 14.8. The van der Waals surface area contributed by atoms with E-state index in [9.17, 15) is 9.18 Å². The van der Waals surface area contributed by atoms with Crippen LogP contribution in [-0.4, -0.2) is 21.9 Å². The molecule has 3 aromatic carbocycles. The molecule has 138 valence electrons. The SMILES string of the molecule is O=C(CSc1ccc(-c2ccc3ccccc3c2)nn1)Nc1ccc(F)cc1. The van der Waals surface area contributed by atoms with Gasteiger partial charge in [-0.15, -0.1) is 10.2 Å². The van der Waals surface area contributed by atoms with E-state index >= 15 is 0 Å². The smallest absolute Gasteiger partial charge is 0.234 e. The van der Waals surface area contributed by atoms with Crippen LogP contribution < -0.4 is 5.32 Å². The molecule has 0 unspecified atom stereocenters. The molecule has 1 heterocycles. The van der Waals surface area contributed by atoms with Crippen molar-refractivity contribution in [2.24, 2.45) is 0 Å². The van der Waals surface area contributed by atoms with E-state index in [2.05, 4.69) is 39.8 Å². The molecule has 0 aliphatic carbocycles. The van der Waals surface area contributed by atoms with Crippen LogP contribution in [0.4, 0.5) is 10.1 Å². The van der Waals surface area contributed by atoms with E-state index in [-0.39, 0.29) is 17.5 Å². The lowest BCUT2D eigenvalue weighted by Gasteiger charge is -2.06. The average molecular weight is 389 g/mol. The number of rotatable bonds is 5. The topological polar surface area (TPSA) is 54.9 Å². The van der Waals surface area contributed by atoms with Gasteiger partial charge in [-0.05, 0) is 53.2 Å². The fourth-order valence-electron chi connectivity index (χ4n) is 2.77. The summed E-state index contributed by atoms with van der Waals surface area (Å²) in [6.07, 6.45) is 0. The van der Waals surface area contributed by atoms with Gasteiger partial charge in [0.15, 0.2) is 0 Å². The number of amides is 1. The van der Waals surface area contributed by atoms with Gasteiger partial charge in [-0.3, -0.25) is 4.79 Å². The van der Waals surface area contributed by atoms with Gasteiger partial charge < -0.3 is 5.32 Å². The van der Waals surface area contributed by atoms with Crippen LogP contribution in [0.2, 0.25) is 0 Å². The minimum Gasteiger partial charge on any atom is -0.325 e. The monoisotopic (exact) mass is 389 g/mol. The van der Waals surface area contributed by atoms with Crippen molar-refractivity contribution < 1.29 is 9.18 Å². The zero-order valence-corrected chi connectivity index (χ0v) is 15.6. The molecule has 4 nitrogen and oxygen atoms in total. The molecule has 6 heteroatoms. The largest absolute Gasteiger partial charge is 0.325 e. The van der Waals surface area contributed by atoms with Gasteiger partial charge >= 0.3 is 0 Å². The summed E-state index contributed by atoms with van der Waals surface area (Å²) in [5.74, 6) is -0.326. The second kappa shape index (κ2) is 8.19. The van der Waals surface area contributed by atoms with Crippen molar-refractivity contribution in [3.8, 4) is 11.3 Å². The van der Waals surface area contributed by atoms with Crippen molar-refractivity contribution in [2.45, 2.75) is 5.03 Å². The normalized spacial score (nSPS) is 10.8. The molecule has 0 saturated carbocycles. The number of halogens is 1. The molecule has 0 saturated heterocycles. The van der Waals surface area contributed by atoms with E-state index in [0.717, 1.165) is 16.6 Å². The van der Waals surface area contributed by atoms with Gasteiger partial charge in [0.05, 0.1) is 11.4 Å². The van der Waals surface area contributed by atoms with Crippen LogP contribution in [0, 0.1) is 5.82 Å². The van der Waals surface area contributed by atoms with Crippen LogP contribution in [0.15, 0.2) is 83.9 Å². The molecular weight excluding hydrogens is 373 g/mol. The van der Waals surface area contributed by atoms with Crippen LogP contribution in [-0.2, 0) is 4.79 Å². The highest BCUT2D eigenvalue weighted by molar-refractivity contribution is 7.99. The predicted molar refractivity (Wildman–Crippen MR) is 111 cm³/mol. The highest BCUT2D eigenvalue weighted by atomic mass is 32.2. The maximum absolute atomic E-state index is 12.9. The number of carbonyl (C=O) groups excluding carboxylic acids is 1. The Hall–Kier alpha value is -3.25. The number of aromatic nitrogens is 2. The third kappa shape index (κ3) is 4.35. The number of thioether (sulfide) groups is 1. The average Bonchev–Trinajstić information content (AvgIpc) is 2.74. The van der Waals surface area contributed by atoms with Crippen LogP contribution >= 0.6 is 11.8 Å². The van der Waals surface area contributed by atoms with E-state index in [1.165, 1.54) is 41.4 Å². The summed E-state index contributed by atoms with van der Waals surface area (Å²) >= 11 is 1.30. The predicted octanol–water partition coefficient (Wildman–Crippen LogP) is 5.17. The molecule has 0 bridgehead atoms. The molecule has 0 radical (unpaired) electrons. The Labute approximate surface area is 165 Å². The number of benzene rings is 3. The molecular formula is C22H16FN3OS. The molecule has 0 aliphatic rings. The first-order valence-corrected chi connectivity index (χ1v) is 9.67. The molecule has 0 aliphatic heterocycles. The van der Waals surface area contributed by atoms with Gasteiger partial charge in [0.1, 0.15) is 10.8 Å². The quantitative estimate of drug-likeness (QED) is 0.479. The van der Waals surface area contributed by atoms with Crippen LogP contribution in [0.3, 0.4) is 0 Å². The van der Waals surface area contributed by atoms with Crippen molar-refractivity contribution in [3.63, 3.8) is 0 Å². The van der Waals surface area contributed by atoms with Gasteiger partial charge in [-0.1, -0.05) is 48.2 Å². The van der Waals surface area contributed by atoms with E-state index in [0.29, 0.717) is 10.7 Å². The number of carbonyl (C=O) groups is 1. The van der Waals surface area contributed by atoms with Crippen molar-refractivity contribution in [2.75, 3.05) is 11.1 Å². The van der Waals surface area contributed by atoms with Gasteiger partial charge in [-0.2, -0.15) is 0 Å². The zero-order chi connectivity index (χ0) is 19.3. The third-order valence-electron chi connectivity index (χ3n) is 4.16. The molecule has 1 N–H and O–H groups in total. The van der Waals surface area contributed by atoms with Crippen molar-refractivity contribution in [3.05, 3.63) is 84.7 Å². The maximum Gasteiger partial charge on any atom is 0.234 e. The lowest BCUT2D eigenvalue weighted by atomic mass is 10.1. The van der Waals surface area contributed by atoms with Gasteiger partial charge in [0.2, 0.25) is 5.91 Å². The summed E-state index contributed by atoms with van der Waals surface area (Å²) in [5, 5.41) is 14.2. The Balaban J connectivity index is 1.38. The summed E-state index contributed by atoms with van der Waals surface area (Å²) in [6.45, 7) is 0. The first-order chi connectivity index (χ1) is 13.7. The molecule has 1 amide bonds. The molecule has 0 atom stereocenters. The van der Waals surface area contributed by atoms with Crippen LogP contribution in [0.1, 0.15) is 0 Å².